The van der Waals surface area contributed by atoms with Gasteiger partial charge < -0.3 is 15.5 Å². The zero-order chi connectivity index (χ0) is 28.6. The molecule has 2 amide bonds. The average molecular weight is 598 g/mol. The number of rotatable bonds is 11. The van der Waals surface area contributed by atoms with E-state index in [1.165, 1.54) is 43.2 Å². The molecule has 2 aromatic rings. The van der Waals surface area contributed by atoms with Gasteiger partial charge in [-0.05, 0) is 53.8 Å². The molecule has 1 saturated carbocycles. The van der Waals surface area contributed by atoms with Crippen LogP contribution >= 0.6 is 23.5 Å². The van der Waals surface area contributed by atoms with Crippen LogP contribution in [0.25, 0.3) is 0 Å². The summed E-state index contributed by atoms with van der Waals surface area (Å²) in [4.78, 5) is 31.8. The van der Waals surface area contributed by atoms with Crippen LogP contribution in [0.5, 0.6) is 0 Å². The smallest absolute Gasteiger partial charge is 0.245 e. The molecule has 1 aliphatic carbocycles. The van der Waals surface area contributed by atoms with Crippen LogP contribution in [0.1, 0.15) is 61.3 Å². The minimum Gasteiger partial charge on any atom is -0.344 e. The quantitative estimate of drug-likeness (QED) is 0.330. The molecule has 2 fully saturated rings. The van der Waals surface area contributed by atoms with Gasteiger partial charge in [-0.1, -0.05) is 79.2 Å². The fourth-order valence-electron chi connectivity index (χ4n) is 6.83. The standard InChI is InChI=1S/C32H44ClN5O2S/c1-41-35-22-30(24-7-3-2-4-8-24)37-15-17-38(18-16-37)32(40)29(19-23-11-13-26(33)14-12-23)36-31(39)20-28-27-10-6-5-9-25(27)21-34-28/h5-6,9-14,24,28-30,34-35H,2-4,7-8,15-22H2,1H3,(H,36,39)/t28?,29-,30?/m1/s1. The van der Waals surface area contributed by atoms with Gasteiger partial charge in [-0.15, -0.1) is 0 Å². The summed E-state index contributed by atoms with van der Waals surface area (Å²) >= 11 is 7.81. The van der Waals surface area contributed by atoms with Crippen molar-refractivity contribution < 1.29 is 9.59 Å². The number of carbonyl (C=O) groups excluding carboxylic acids is 2. The van der Waals surface area contributed by atoms with Crippen molar-refractivity contribution in [1.29, 1.82) is 0 Å². The zero-order valence-corrected chi connectivity index (χ0v) is 25.7. The lowest BCUT2D eigenvalue weighted by atomic mass is 9.83. The molecule has 3 N–H and O–H groups in total. The van der Waals surface area contributed by atoms with Crippen LogP contribution in [-0.4, -0.2) is 72.7 Å². The third kappa shape index (κ3) is 8.05. The van der Waals surface area contributed by atoms with E-state index in [0.717, 1.165) is 37.7 Å². The molecule has 0 radical (unpaired) electrons. The highest BCUT2D eigenvalue weighted by Gasteiger charge is 2.34. The average Bonchev–Trinajstić information content (AvgIpc) is 3.41. The minimum absolute atomic E-state index is 0.00388. The molecule has 0 spiro atoms. The molecule has 3 aliphatic rings. The second-order valence-corrected chi connectivity index (χ2v) is 12.8. The van der Waals surface area contributed by atoms with Crippen molar-refractivity contribution in [2.45, 2.75) is 69.6 Å². The topological polar surface area (TPSA) is 76.7 Å². The summed E-state index contributed by atoms with van der Waals surface area (Å²) in [6.45, 7) is 4.85. The highest BCUT2D eigenvalue weighted by molar-refractivity contribution is 7.96. The van der Waals surface area contributed by atoms with Crippen LogP contribution < -0.4 is 15.4 Å². The van der Waals surface area contributed by atoms with E-state index in [9.17, 15) is 9.59 Å². The molecule has 41 heavy (non-hydrogen) atoms. The van der Waals surface area contributed by atoms with Gasteiger partial charge in [0.05, 0.1) is 0 Å². The van der Waals surface area contributed by atoms with Crippen LogP contribution in [0.2, 0.25) is 5.02 Å². The third-order valence-corrected chi connectivity index (χ3v) is 9.78. The molecule has 0 aromatic heterocycles. The van der Waals surface area contributed by atoms with Gasteiger partial charge in [-0.3, -0.25) is 19.2 Å². The first-order valence-electron chi connectivity index (χ1n) is 15.2. The predicted octanol–water partition coefficient (Wildman–Crippen LogP) is 4.56. The first-order valence-corrected chi connectivity index (χ1v) is 16.8. The Morgan fingerprint density at radius 3 is 2.49 bits per heavy atom. The molecule has 5 rings (SSSR count). The number of halogens is 1. The van der Waals surface area contributed by atoms with Gasteiger partial charge in [0.15, 0.2) is 0 Å². The first kappa shape index (κ1) is 30.4. The minimum atomic E-state index is -0.612. The number of piperazine rings is 1. The Bertz CT molecular complexity index is 1150. The highest BCUT2D eigenvalue weighted by Crippen LogP contribution is 2.30. The van der Waals surface area contributed by atoms with E-state index in [0.29, 0.717) is 37.0 Å². The van der Waals surface area contributed by atoms with Crippen molar-refractivity contribution in [3.05, 3.63) is 70.2 Å². The number of hydrogen-bond donors (Lipinski definition) is 3. The van der Waals surface area contributed by atoms with Crippen LogP contribution in [0.4, 0.5) is 0 Å². The van der Waals surface area contributed by atoms with Gasteiger partial charge >= 0.3 is 0 Å². The van der Waals surface area contributed by atoms with Crippen molar-refractivity contribution in [2.75, 3.05) is 39.0 Å². The Labute approximate surface area is 254 Å². The van der Waals surface area contributed by atoms with Crippen molar-refractivity contribution in [2.24, 2.45) is 5.92 Å². The molecular weight excluding hydrogens is 554 g/mol. The molecule has 0 bridgehead atoms. The maximum atomic E-state index is 13.9. The third-order valence-electron chi connectivity index (χ3n) is 9.07. The van der Waals surface area contributed by atoms with Gasteiger partial charge in [-0.2, -0.15) is 0 Å². The zero-order valence-electron chi connectivity index (χ0n) is 24.1. The normalized spacial score (nSPS) is 21.3. The summed E-state index contributed by atoms with van der Waals surface area (Å²) in [6, 6.07) is 15.6. The molecule has 7 nitrogen and oxygen atoms in total. The molecule has 222 valence electrons. The van der Waals surface area contributed by atoms with Crippen LogP contribution in [0.15, 0.2) is 48.5 Å². The lowest BCUT2D eigenvalue weighted by molar-refractivity contribution is -0.138. The molecule has 2 unspecified atom stereocenters. The van der Waals surface area contributed by atoms with Gasteiger partial charge in [0.2, 0.25) is 11.8 Å². The monoisotopic (exact) mass is 597 g/mol. The fourth-order valence-corrected chi connectivity index (χ4v) is 7.29. The number of amides is 2. The molecule has 9 heteroatoms. The van der Waals surface area contributed by atoms with Crippen molar-refractivity contribution in [3.63, 3.8) is 0 Å². The van der Waals surface area contributed by atoms with Crippen LogP contribution in [-0.2, 0) is 22.6 Å². The Morgan fingerprint density at radius 2 is 1.76 bits per heavy atom. The lowest BCUT2D eigenvalue weighted by Gasteiger charge is -2.44. The first-order chi connectivity index (χ1) is 20.0. The second-order valence-electron chi connectivity index (χ2n) is 11.7. The van der Waals surface area contributed by atoms with Gasteiger partial charge in [0.1, 0.15) is 6.04 Å². The summed E-state index contributed by atoms with van der Waals surface area (Å²) in [5.74, 6) is 0.617. The number of benzene rings is 2. The summed E-state index contributed by atoms with van der Waals surface area (Å²) in [5.41, 5.74) is 3.38. The molecule has 1 saturated heterocycles. The molecule has 3 atom stereocenters. The highest BCUT2D eigenvalue weighted by atomic mass is 35.5. The maximum Gasteiger partial charge on any atom is 0.245 e. The SMILES string of the molecule is CSNCC(C1CCCCC1)N1CCN(C(=O)[C@@H](Cc2ccc(Cl)cc2)NC(=O)CC2NCc3ccccc32)CC1. The van der Waals surface area contributed by atoms with Gasteiger partial charge in [0.25, 0.3) is 0 Å². The lowest BCUT2D eigenvalue weighted by Crippen LogP contribution is -2.59. The number of fused-ring (bicyclic) bond motifs is 1. The Balaban J connectivity index is 1.23. The Morgan fingerprint density at radius 1 is 1.02 bits per heavy atom. The van der Waals surface area contributed by atoms with Gasteiger partial charge in [-0.25, -0.2) is 0 Å². The summed E-state index contributed by atoms with van der Waals surface area (Å²) in [7, 11) is 0. The maximum absolute atomic E-state index is 13.9. The van der Waals surface area contributed by atoms with E-state index in [-0.39, 0.29) is 17.9 Å². The van der Waals surface area contributed by atoms with Crippen LogP contribution in [0, 0.1) is 5.92 Å². The van der Waals surface area contributed by atoms with Crippen molar-refractivity contribution in [1.82, 2.24) is 25.2 Å². The van der Waals surface area contributed by atoms with E-state index >= 15 is 0 Å². The number of nitrogens with zero attached hydrogens (tertiary/aromatic N) is 2. The van der Waals surface area contributed by atoms with Gasteiger partial charge in [0, 0.05) is 69.2 Å². The summed E-state index contributed by atoms with van der Waals surface area (Å²) in [6.07, 6.45) is 9.45. The Hall–Kier alpha value is -2.10. The molecular formula is C32H44ClN5O2S. The molecule has 2 aromatic carbocycles. The molecule has 2 aliphatic heterocycles. The summed E-state index contributed by atoms with van der Waals surface area (Å²) < 4.78 is 3.52. The van der Waals surface area contributed by atoms with Crippen molar-refractivity contribution >= 4 is 35.4 Å². The number of carbonyl (C=O) groups is 2. The van der Waals surface area contributed by atoms with E-state index in [1.54, 1.807) is 11.9 Å². The predicted molar refractivity (Wildman–Crippen MR) is 168 cm³/mol. The second kappa shape index (κ2) is 14.9. The largest absolute Gasteiger partial charge is 0.344 e. The number of nitrogens with one attached hydrogen (secondary N) is 3. The van der Waals surface area contributed by atoms with E-state index in [4.69, 9.17) is 11.6 Å². The fraction of sp³-hybridized carbons (Fsp3) is 0.562. The Kier molecular flexibility index (Phi) is 11.0. The van der Waals surface area contributed by atoms with Crippen molar-refractivity contribution in [3.8, 4) is 0 Å². The van der Waals surface area contributed by atoms with Crippen LogP contribution in [0.3, 0.4) is 0 Å². The van der Waals surface area contributed by atoms with E-state index in [1.807, 2.05) is 41.3 Å². The number of hydrogen-bond acceptors (Lipinski definition) is 6. The molecule has 2 heterocycles. The summed E-state index contributed by atoms with van der Waals surface area (Å²) in [5, 5.41) is 7.23. The van der Waals surface area contributed by atoms with E-state index < -0.39 is 6.04 Å². The van der Waals surface area contributed by atoms with E-state index in [2.05, 4.69) is 38.6 Å².